The van der Waals surface area contributed by atoms with Crippen LogP contribution in [0.2, 0.25) is 0 Å². The van der Waals surface area contributed by atoms with E-state index in [4.69, 9.17) is 14.2 Å². The predicted molar refractivity (Wildman–Crippen MR) is 96.7 cm³/mol. The second-order valence-corrected chi connectivity index (χ2v) is 8.03. The molecular formula is C19H21NO5S. The van der Waals surface area contributed by atoms with E-state index in [1.165, 1.54) is 0 Å². The molecule has 0 atom stereocenters. The Kier molecular flexibility index (Phi) is 4.50. The van der Waals surface area contributed by atoms with Crippen LogP contribution in [-0.4, -0.2) is 35.3 Å². The van der Waals surface area contributed by atoms with Crippen LogP contribution in [-0.2, 0) is 29.3 Å². The average molecular weight is 375 g/mol. The normalized spacial score (nSPS) is 15.1. The molecule has 0 unspecified atom stereocenters. The Labute approximate surface area is 153 Å². The maximum atomic E-state index is 13.0. The first-order valence-corrected chi connectivity index (χ1v) is 10.1. The highest BCUT2D eigenvalue weighted by molar-refractivity contribution is 7.89. The topological polar surface area (TPSA) is 73.9 Å². The lowest BCUT2D eigenvalue weighted by Gasteiger charge is -2.14. The number of nitrogens with one attached hydrogen (secondary N) is 1. The Balaban J connectivity index is 1.58. The Morgan fingerprint density at radius 3 is 2.81 bits per heavy atom. The average Bonchev–Trinajstić information content (AvgIpc) is 3.28. The third-order valence-electron chi connectivity index (χ3n) is 4.75. The van der Waals surface area contributed by atoms with Crippen molar-refractivity contribution in [3.8, 4) is 17.2 Å². The van der Waals surface area contributed by atoms with E-state index in [-0.39, 0.29) is 11.4 Å². The zero-order chi connectivity index (χ0) is 18.1. The molecule has 2 aromatic carbocycles. The molecule has 138 valence electrons. The number of sulfonamides is 1. The minimum absolute atomic E-state index is 0.250. The van der Waals surface area contributed by atoms with E-state index >= 15 is 0 Å². The van der Waals surface area contributed by atoms with Gasteiger partial charge in [-0.3, -0.25) is 0 Å². The molecule has 2 aliphatic rings. The van der Waals surface area contributed by atoms with Crippen molar-refractivity contribution in [1.29, 1.82) is 0 Å². The molecule has 0 saturated carbocycles. The van der Waals surface area contributed by atoms with Gasteiger partial charge >= 0.3 is 0 Å². The maximum absolute atomic E-state index is 13.0. The Hall–Kier alpha value is -2.25. The molecule has 26 heavy (non-hydrogen) atoms. The van der Waals surface area contributed by atoms with E-state index in [0.717, 1.165) is 22.4 Å². The van der Waals surface area contributed by atoms with Gasteiger partial charge in [-0.05, 0) is 24.1 Å². The number of para-hydroxylation sites is 1. The molecule has 2 aliphatic heterocycles. The number of benzene rings is 2. The largest absolute Gasteiger partial charge is 0.496 e. The highest BCUT2D eigenvalue weighted by Gasteiger charge is 2.33. The predicted octanol–water partition coefficient (Wildman–Crippen LogP) is 2.09. The first kappa shape index (κ1) is 17.2. The lowest BCUT2D eigenvalue weighted by Crippen LogP contribution is -2.27. The first-order chi connectivity index (χ1) is 12.6. The van der Waals surface area contributed by atoms with Gasteiger partial charge in [-0.1, -0.05) is 18.2 Å². The molecule has 0 bridgehead atoms. The molecule has 2 aromatic rings. The van der Waals surface area contributed by atoms with E-state index in [2.05, 4.69) is 4.72 Å². The zero-order valence-electron chi connectivity index (χ0n) is 14.6. The van der Waals surface area contributed by atoms with Gasteiger partial charge in [0.1, 0.15) is 22.1 Å². The summed E-state index contributed by atoms with van der Waals surface area (Å²) in [7, 11) is -2.09. The molecule has 2 heterocycles. The van der Waals surface area contributed by atoms with Crippen molar-refractivity contribution in [2.24, 2.45) is 0 Å². The minimum Gasteiger partial charge on any atom is -0.496 e. The van der Waals surface area contributed by atoms with Crippen LogP contribution in [0.15, 0.2) is 35.2 Å². The first-order valence-electron chi connectivity index (χ1n) is 8.66. The van der Waals surface area contributed by atoms with Gasteiger partial charge in [0.25, 0.3) is 0 Å². The van der Waals surface area contributed by atoms with Crippen LogP contribution in [0.1, 0.15) is 16.7 Å². The van der Waals surface area contributed by atoms with Gasteiger partial charge in [-0.15, -0.1) is 0 Å². The summed E-state index contributed by atoms with van der Waals surface area (Å²) in [6, 6.07) is 9.52. The third-order valence-corrected chi connectivity index (χ3v) is 6.30. The fraction of sp³-hybridized carbons (Fsp3) is 0.368. The zero-order valence-corrected chi connectivity index (χ0v) is 15.4. The van der Waals surface area contributed by atoms with Crippen LogP contribution in [0.3, 0.4) is 0 Å². The van der Waals surface area contributed by atoms with Crippen molar-refractivity contribution in [2.75, 3.05) is 26.9 Å². The van der Waals surface area contributed by atoms with Gasteiger partial charge in [0, 0.05) is 30.5 Å². The van der Waals surface area contributed by atoms with Crippen molar-refractivity contribution in [3.05, 3.63) is 47.0 Å². The van der Waals surface area contributed by atoms with Gasteiger partial charge in [0.15, 0.2) is 0 Å². The number of hydrogen-bond donors (Lipinski definition) is 1. The molecule has 0 saturated heterocycles. The molecular weight excluding hydrogens is 354 g/mol. The number of fused-ring (bicyclic) bond motifs is 2. The lowest BCUT2D eigenvalue weighted by molar-refractivity contribution is 0.347. The molecule has 7 heteroatoms. The van der Waals surface area contributed by atoms with E-state index in [0.29, 0.717) is 44.0 Å². The summed E-state index contributed by atoms with van der Waals surface area (Å²) >= 11 is 0. The number of rotatable bonds is 6. The van der Waals surface area contributed by atoms with Gasteiger partial charge in [-0.25, -0.2) is 13.1 Å². The molecule has 0 aromatic heterocycles. The SMILES string of the molecule is COc1ccccc1CCNS(=O)(=O)c1c2c(cc3c1OCC3)OCC2. The second kappa shape index (κ2) is 6.81. The van der Waals surface area contributed by atoms with Crippen LogP contribution in [0.5, 0.6) is 17.2 Å². The van der Waals surface area contributed by atoms with Gasteiger partial charge in [0.05, 0.1) is 20.3 Å². The summed E-state index contributed by atoms with van der Waals surface area (Å²) in [5.41, 5.74) is 2.58. The molecule has 0 radical (unpaired) electrons. The molecule has 0 aliphatic carbocycles. The summed E-state index contributed by atoms with van der Waals surface area (Å²) in [4.78, 5) is 0.250. The van der Waals surface area contributed by atoms with Crippen LogP contribution >= 0.6 is 0 Å². The molecule has 0 spiro atoms. The smallest absolute Gasteiger partial charge is 0.244 e. The Morgan fingerprint density at radius 2 is 1.96 bits per heavy atom. The van der Waals surface area contributed by atoms with E-state index in [1.54, 1.807) is 7.11 Å². The number of ether oxygens (including phenoxy) is 3. The van der Waals surface area contributed by atoms with E-state index < -0.39 is 10.0 Å². The van der Waals surface area contributed by atoms with Crippen LogP contribution in [0.25, 0.3) is 0 Å². The summed E-state index contributed by atoms with van der Waals surface area (Å²) in [5.74, 6) is 1.91. The fourth-order valence-corrected chi connectivity index (χ4v) is 5.00. The number of methoxy groups -OCH3 is 1. The Morgan fingerprint density at radius 1 is 1.15 bits per heavy atom. The monoisotopic (exact) mass is 375 g/mol. The number of hydrogen-bond acceptors (Lipinski definition) is 5. The second-order valence-electron chi connectivity index (χ2n) is 6.33. The van der Waals surface area contributed by atoms with Crippen molar-refractivity contribution in [3.63, 3.8) is 0 Å². The summed E-state index contributed by atoms with van der Waals surface area (Å²) in [5, 5.41) is 0. The molecule has 1 N–H and O–H groups in total. The molecule has 6 nitrogen and oxygen atoms in total. The standard InChI is InChI=1S/C19H21NO5S/c1-23-16-5-3-2-4-13(16)6-9-20-26(21,22)19-15-8-11-24-17(15)12-14-7-10-25-18(14)19/h2-5,12,20H,6-11H2,1H3. The maximum Gasteiger partial charge on any atom is 0.244 e. The van der Waals surface area contributed by atoms with Gasteiger partial charge < -0.3 is 14.2 Å². The van der Waals surface area contributed by atoms with Crippen molar-refractivity contribution in [1.82, 2.24) is 4.72 Å². The van der Waals surface area contributed by atoms with E-state index in [1.807, 2.05) is 30.3 Å². The lowest BCUT2D eigenvalue weighted by atomic mass is 10.1. The Bertz CT molecular complexity index is 907. The quantitative estimate of drug-likeness (QED) is 0.837. The van der Waals surface area contributed by atoms with Crippen molar-refractivity contribution in [2.45, 2.75) is 24.2 Å². The van der Waals surface area contributed by atoms with Crippen molar-refractivity contribution >= 4 is 10.0 Å². The summed E-state index contributed by atoms with van der Waals surface area (Å²) in [6.45, 7) is 1.28. The van der Waals surface area contributed by atoms with Crippen LogP contribution in [0.4, 0.5) is 0 Å². The van der Waals surface area contributed by atoms with Crippen LogP contribution < -0.4 is 18.9 Å². The van der Waals surface area contributed by atoms with E-state index in [9.17, 15) is 8.42 Å². The molecule has 0 amide bonds. The molecule has 4 rings (SSSR count). The highest BCUT2D eigenvalue weighted by Crippen LogP contribution is 2.42. The fourth-order valence-electron chi connectivity index (χ4n) is 3.53. The highest BCUT2D eigenvalue weighted by atomic mass is 32.2. The van der Waals surface area contributed by atoms with Crippen LogP contribution in [0, 0.1) is 0 Å². The minimum atomic E-state index is -3.70. The van der Waals surface area contributed by atoms with Gasteiger partial charge in [0.2, 0.25) is 10.0 Å². The summed E-state index contributed by atoms with van der Waals surface area (Å²) in [6.07, 6.45) is 1.82. The van der Waals surface area contributed by atoms with Gasteiger partial charge in [-0.2, -0.15) is 0 Å². The third kappa shape index (κ3) is 3.01. The molecule has 0 fully saturated rings. The summed E-state index contributed by atoms with van der Waals surface area (Å²) < 4.78 is 45.3. The van der Waals surface area contributed by atoms with Crippen molar-refractivity contribution < 1.29 is 22.6 Å².